The molecule has 2 heterocycles. The lowest BCUT2D eigenvalue weighted by Crippen LogP contribution is -2.49. The molecule has 204 valence electrons. The van der Waals surface area contributed by atoms with Crippen LogP contribution in [-0.4, -0.2) is 79.6 Å². The number of hydrogen-bond acceptors (Lipinski definition) is 7. The fourth-order valence-electron chi connectivity index (χ4n) is 5.20. The number of methoxy groups -OCH3 is 1. The molecule has 4 rings (SSSR count). The zero-order valence-electron chi connectivity index (χ0n) is 22.3. The van der Waals surface area contributed by atoms with Crippen LogP contribution in [-0.2, 0) is 25.5 Å². The minimum atomic E-state index is -0.611. The van der Waals surface area contributed by atoms with Crippen LogP contribution in [0, 0.1) is 5.92 Å². The van der Waals surface area contributed by atoms with Crippen LogP contribution in [0.3, 0.4) is 0 Å². The van der Waals surface area contributed by atoms with E-state index in [9.17, 15) is 14.7 Å². The largest absolute Gasteiger partial charge is 0.465 e. The minimum absolute atomic E-state index is 0.0616. The number of esters is 1. The first-order valence-electron chi connectivity index (χ1n) is 13.4. The molecule has 8 heteroatoms. The lowest BCUT2D eigenvalue weighted by Gasteiger charge is -2.39. The molecule has 8 nitrogen and oxygen atoms in total. The van der Waals surface area contributed by atoms with Crippen LogP contribution in [0.15, 0.2) is 66.4 Å². The fraction of sp³-hybridized carbons (Fsp3) is 0.467. The maximum absolute atomic E-state index is 13.6. The van der Waals surface area contributed by atoms with Gasteiger partial charge in [-0.25, -0.2) is 4.79 Å². The number of aliphatic hydroxyl groups excluding tert-OH is 1. The second kappa shape index (κ2) is 13.6. The van der Waals surface area contributed by atoms with Gasteiger partial charge in [-0.1, -0.05) is 42.5 Å². The van der Waals surface area contributed by atoms with Crippen molar-refractivity contribution in [2.45, 2.75) is 38.5 Å². The maximum Gasteiger partial charge on any atom is 0.337 e. The summed E-state index contributed by atoms with van der Waals surface area (Å²) in [7, 11) is 1.36. The quantitative estimate of drug-likeness (QED) is 0.478. The van der Waals surface area contributed by atoms with Crippen LogP contribution < -0.4 is 0 Å². The van der Waals surface area contributed by atoms with Crippen LogP contribution in [0.4, 0.5) is 0 Å². The van der Waals surface area contributed by atoms with Gasteiger partial charge in [0, 0.05) is 57.8 Å². The van der Waals surface area contributed by atoms with Gasteiger partial charge in [-0.2, -0.15) is 0 Å². The van der Waals surface area contributed by atoms with E-state index < -0.39 is 12.3 Å². The van der Waals surface area contributed by atoms with Gasteiger partial charge in [0.2, 0.25) is 6.29 Å². The number of carbonyl (C=O) groups excluding carboxylic acids is 2. The molecule has 0 saturated carbocycles. The van der Waals surface area contributed by atoms with Crippen molar-refractivity contribution >= 4 is 11.9 Å². The molecule has 2 aromatic carbocycles. The van der Waals surface area contributed by atoms with Gasteiger partial charge in [-0.15, -0.1) is 0 Å². The summed E-state index contributed by atoms with van der Waals surface area (Å²) < 4.78 is 17.0. The first kappa shape index (κ1) is 27.8. The number of rotatable bonds is 10. The van der Waals surface area contributed by atoms with Crippen molar-refractivity contribution in [3.8, 4) is 0 Å². The van der Waals surface area contributed by atoms with Crippen molar-refractivity contribution in [2.75, 3.05) is 46.5 Å². The summed E-state index contributed by atoms with van der Waals surface area (Å²) in [6, 6.07) is 17.6. The third kappa shape index (κ3) is 6.81. The van der Waals surface area contributed by atoms with Gasteiger partial charge in [0.05, 0.1) is 12.7 Å². The lowest BCUT2D eigenvalue weighted by molar-refractivity contribution is -0.171. The molecule has 2 aromatic rings. The van der Waals surface area contributed by atoms with Crippen molar-refractivity contribution in [3.63, 3.8) is 0 Å². The first-order chi connectivity index (χ1) is 18.5. The van der Waals surface area contributed by atoms with Crippen LogP contribution in [0.25, 0.3) is 0 Å². The van der Waals surface area contributed by atoms with Crippen LogP contribution in [0.2, 0.25) is 0 Å². The van der Waals surface area contributed by atoms with E-state index in [0.29, 0.717) is 43.9 Å². The average Bonchev–Trinajstić information content (AvgIpc) is 2.96. The summed E-state index contributed by atoms with van der Waals surface area (Å²) in [4.78, 5) is 29.7. The summed E-state index contributed by atoms with van der Waals surface area (Å²) in [5, 5.41) is 9.51. The van der Waals surface area contributed by atoms with Crippen LogP contribution in [0.5, 0.6) is 0 Å². The van der Waals surface area contributed by atoms with E-state index in [-0.39, 0.29) is 24.3 Å². The van der Waals surface area contributed by atoms with Gasteiger partial charge in [0.1, 0.15) is 0 Å². The van der Waals surface area contributed by atoms with E-state index >= 15 is 0 Å². The highest BCUT2D eigenvalue weighted by Crippen LogP contribution is 2.40. The molecule has 0 unspecified atom stereocenters. The van der Waals surface area contributed by atoms with E-state index in [2.05, 4.69) is 17.0 Å². The number of ether oxygens (including phenoxy) is 3. The Morgan fingerprint density at radius 1 is 1.03 bits per heavy atom. The monoisotopic (exact) mass is 522 g/mol. The smallest absolute Gasteiger partial charge is 0.337 e. The first-order valence-corrected chi connectivity index (χ1v) is 13.4. The third-order valence-electron chi connectivity index (χ3n) is 7.25. The summed E-state index contributed by atoms with van der Waals surface area (Å²) in [5.41, 5.74) is 2.68. The van der Waals surface area contributed by atoms with E-state index in [1.54, 1.807) is 12.1 Å². The molecule has 1 amide bonds. The Morgan fingerprint density at radius 2 is 1.74 bits per heavy atom. The number of allylic oxidation sites excluding steroid dienone is 1. The zero-order valence-corrected chi connectivity index (χ0v) is 22.3. The number of nitrogens with zero attached hydrogens (tertiary/aromatic N) is 2. The van der Waals surface area contributed by atoms with Crippen molar-refractivity contribution in [3.05, 3.63) is 83.1 Å². The average molecular weight is 523 g/mol. The summed E-state index contributed by atoms with van der Waals surface area (Å²) in [5.74, 6) is -0.499. The Kier molecular flexibility index (Phi) is 9.92. The number of aliphatic hydroxyl groups is 1. The van der Waals surface area contributed by atoms with E-state index in [0.717, 1.165) is 25.2 Å². The topological polar surface area (TPSA) is 88.5 Å². The molecule has 38 heavy (non-hydrogen) atoms. The molecule has 3 atom stereocenters. The summed E-state index contributed by atoms with van der Waals surface area (Å²) in [6.07, 6.45) is 2.54. The predicted molar refractivity (Wildman–Crippen MR) is 143 cm³/mol. The van der Waals surface area contributed by atoms with Gasteiger partial charge in [0.25, 0.3) is 5.91 Å². The molecule has 2 aliphatic rings. The Bertz CT molecular complexity index is 1080. The van der Waals surface area contributed by atoms with Gasteiger partial charge >= 0.3 is 5.97 Å². The molecule has 0 radical (unpaired) electrons. The second-order valence-corrected chi connectivity index (χ2v) is 9.70. The normalized spacial score (nSPS) is 21.9. The molecule has 0 aliphatic carbocycles. The Morgan fingerprint density at radius 3 is 2.37 bits per heavy atom. The highest BCUT2D eigenvalue weighted by atomic mass is 16.7. The fourth-order valence-corrected chi connectivity index (χ4v) is 5.20. The highest BCUT2D eigenvalue weighted by molar-refractivity contribution is 5.92. The summed E-state index contributed by atoms with van der Waals surface area (Å²) >= 11 is 0. The van der Waals surface area contributed by atoms with Crippen molar-refractivity contribution in [1.82, 2.24) is 9.80 Å². The number of piperazine rings is 1. The van der Waals surface area contributed by atoms with E-state index in [1.807, 2.05) is 48.2 Å². The standard InChI is InChI=1S/C30H38N2O6/c1-3-37-30-25(10-7-19-33)26(23-11-13-24(14-12-23)29(35)36-2)20-27(38-30)28(34)32-17-15-31(16-18-32)21-22-8-5-4-6-9-22/h4-6,8-9,11-14,20,25-26,30,33H,3,7,10,15-19,21H2,1-2H3/t25-,26+,30+/m0/s1. The molecule has 0 bridgehead atoms. The third-order valence-corrected chi connectivity index (χ3v) is 7.25. The van der Waals surface area contributed by atoms with Crippen LogP contribution >= 0.6 is 0 Å². The molecule has 1 N–H and O–H groups in total. The molecule has 1 saturated heterocycles. The van der Waals surface area contributed by atoms with Gasteiger partial charge in [0.15, 0.2) is 5.76 Å². The van der Waals surface area contributed by atoms with E-state index in [1.165, 1.54) is 12.7 Å². The molecular weight excluding hydrogens is 484 g/mol. The van der Waals surface area contributed by atoms with Gasteiger partial charge in [-0.3, -0.25) is 9.69 Å². The SMILES string of the molecule is CCO[C@@H]1OC(C(=O)N2CCN(Cc3ccccc3)CC2)=C[C@H](c2ccc(C(=O)OC)cc2)[C@@H]1CCCO. The Hall–Kier alpha value is -3.20. The molecule has 0 spiro atoms. The van der Waals surface area contributed by atoms with Crippen molar-refractivity contribution in [2.24, 2.45) is 5.92 Å². The molecule has 1 fully saturated rings. The maximum atomic E-state index is 13.6. The van der Waals surface area contributed by atoms with Gasteiger partial charge in [-0.05, 0) is 49.1 Å². The highest BCUT2D eigenvalue weighted by Gasteiger charge is 2.39. The number of amides is 1. The van der Waals surface area contributed by atoms with Gasteiger partial charge < -0.3 is 24.2 Å². The summed E-state index contributed by atoms with van der Waals surface area (Å²) in [6.45, 7) is 6.10. The molecular formula is C30H38N2O6. The van der Waals surface area contributed by atoms with E-state index in [4.69, 9.17) is 14.2 Å². The Balaban J connectivity index is 1.52. The molecule has 0 aromatic heterocycles. The second-order valence-electron chi connectivity index (χ2n) is 9.70. The number of carbonyl (C=O) groups is 2. The van der Waals surface area contributed by atoms with Crippen LogP contribution in [0.1, 0.15) is 47.2 Å². The predicted octanol–water partition coefficient (Wildman–Crippen LogP) is 3.57. The number of benzene rings is 2. The zero-order chi connectivity index (χ0) is 26.9. The minimum Gasteiger partial charge on any atom is -0.465 e. The lowest BCUT2D eigenvalue weighted by atomic mass is 9.80. The van der Waals surface area contributed by atoms with Crippen molar-refractivity contribution < 1.29 is 28.9 Å². The van der Waals surface area contributed by atoms with Crippen molar-refractivity contribution in [1.29, 1.82) is 0 Å². The molecule has 2 aliphatic heterocycles. The Labute approximate surface area is 224 Å². The number of hydrogen-bond donors (Lipinski definition) is 1.